The molecule has 3 rings (SSSR count). The van der Waals surface area contributed by atoms with Gasteiger partial charge < -0.3 is 19.9 Å². The SMILES string of the molecule is CN(C)C(=O)CN=C(NCCCN1CCOCC1)N1CCC(c2ccccc2)C1.I. The number of nitrogens with zero attached hydrogens (tertiary/aromatic N) is 4. The molecule has 2 saturated heterocycles. The Balaban J connectivity index is 0.00000320. The number of amides is 1. The van der Waals surface area contributed by atoms with E-state index in [9.17, 15) is 4.79 Å². The minimum atomic E-state index is 0. The average Bonchev–Trinajstić information content (AvgIpc) is 3.24. The molecule has 0 spiro atoms. The lowest BCUT2D eigenvalue weighted by Gasteiger charge is -2.27. The van der Waals surface area contributed by atoms with E-state index in [0.717, 1.165) is 71.3 Å². The zero-order chi connectivity index (χ0) is 20.5. The fourth-order valence-electron chi connectivity index (χ4n) is 3.83. The third kappa shape index (κ3) is 7.70. The summed E-state index contributed by atoms with van der Waals surface area (Å²) in [6, 6.07) is 10.7. The van der Waals surface area contributed by atoms with E-state index in [0.29, 0.717) is 5.92 Å². The van der Waals surface area contributed by atoms with Crippen molar-refractivity contribution in [1.82, 2.24) is 20.0 Å². The van der Waals surface area contributed by atoms with Crippen molar-refractivity contribution in [3.05, 3.63) is 35.9 Å². The maximum atomic E-state index is 12.0. The van der Waals surface area contributed by atoms with Gasteiger partial charge in [-0.25, -0.2) is 4.99 Å². The maximum Gasteiger partial charge on any atom is 0.243 e. The van der Waals surface area contributed by atoms with Crippen LogP contribution in [0.3, 0.4) is 0 Å². The fourth-order valence-corrected chi connectivity index (χ4v) is 3.83. The molecule has 168 valence electrons. The van der Waals surface area contributed by atoms with Crippen LogP contribution in [0.25, 0.3) is 0 Å². The number of guanidine groups is 1. The molecule has 8 heteroatoms. The van der Waals surface area contributed by atoms with Crippen molar-refractivity contribution >= 4 is 35.8 Å². The molecule has 0 aromatic heterocycles. The quantitative estimate of drug-likeness (QED) is 0.253. The molecule has 0 bridgehead atoms. The van der Waals surface area contributed by atoms with Crippen molar-refractivity contribution in [2.75, 3.05) is 73.1 Å². The maximum absolute atomic E-state index is 12.0. The van der Waals surface area contributed by atoms with Crippen molar-refractivity contribution in [3.8, 4) is 0 Å². The van der Waals surface area contributed by atoms with Gasteiger partial charge in [0.15, 0.2) is 5.96 Å². The molecule has 1 unspecified atom stereocenters. The molecule has 1 atom stereocenters. The Bertz CT molecular complexity index is 665. The molecule has 2 aliphatic rings. The standard InChI is InChI=1S/C22H35N5O2.HI/c1-25(2)21(28)17-24-22(23-10-6-11-26-13-15-29-16-14-26)27-12-9-20(18-27)19-7-4-3-5-8-19;/h3-5,7-8,20H,6,9-18H2,1-2H3,(H,23,24);1H. The first kappa shape index (κ1) is 24.9. The molecule has 2 fully saturated rings. The van der Waals surface area contributed by atoms with Gasteiger partial charge in [0.2, 0.25) is 5.91 Å². The van der Waals surface area contributed by atoms with Crippen molar-refractivity contribution in [2.45, 2.75) is 18.8 Å². The number of hydrogen-bond donors (Lipinski definition) is 1. The molecule has 1 amide bonds. The van der Waals surface area contributed by atoms with Gasteiger partial charge in [0.25, 0.3) is 0 Å². The Kier molecular flexibility index (Phi) is 10.9. The lowest BCUT2D eigenvalue weighted by Crippen LogP contribution is -2.42. The number of likely N-dealkylation sites (tertiary alicyclic amines) is 1. The summed E-state index contributed by atoms with van der Waals surface area (Å²) < 4.78 is 5.41. The van der Waals surface area contributed by atoms with Crippen LogP contribution in [-0.4, -0.2) is 99.7 Å². The van der Waals surface area contributed by atoms with Gasteiger partial charge in [-0.15, -0.1) is 24.0 Å². The Morgan fingerprint density at radius 1 is 1.20 bits per heavy atom. The highest BCUT2D eigenvalue weighted by atomic mass is 127. The van der Waals surface area contributed by atoms with Crippen molar-refractivity contribution in [1.29, 1.82) is 0 Å². The van der Waals surface area contributed by atoms with Crippen LogP contribution in [0.5, 0.6) is 0 Å². The smallest absolute Gasteiger partial charge is 0.243 e. The highest BCUT2D eigenvalue weighted by Gasteiger charge is 2.26. The first-order valence-corrected chi connectivity index (χ1v) is 10.7. The van der Waals surface area contributed by atoms with Gasteiger partial charge in [-0.2, -0.15) is 0 Å². The van der Waals surface area contributed by atoms with Crippen LogP contribution in [0, 0.1) is 0 Å². The number of carbonyl (C=O) groups excluding carboxylic acids is 1. The molecule has 7 nitrogen and oxygen atoms in total. The highest BCUT2D eigenvalue weighted by molar-refractivity contribution is 14.0. The van der Waals surface area contributed by atoms with Crippen LogP contribution in [0.4, 0.5) is 0 Å². The third-order valence-corrected chi connectivity index (χ3v) is 5.66. The molecule has 0 aliphatic carbocycles. The molecule has 1 N–H and O–H groups in total. The summed E-state index contributed by atoms with van der Waals surface area (Å²) >= 11 is 0. The average molecular weight is 529 g/mol. The Morgan fingerprint density at radius 3 is 2.63 bits per heavy atom. The van der Waals surface area contributed by atoms with Crippen molar-refractivity contribution in [3.63, 3.8) is 0 Å². The molecule has 0 radical (unpaired) electrons. The summed E-state index contributed by atoms with van der Waals surface area (Å²) in [7, 11) is 3.54. The van der Waals surface area contributed by atoms with E-state index in [-0.39, 0.29) is 36.4 Å². The molecular formula is C22H36IN5O2. The largest absolute Gasteiger partial charge is 0.379 e. The normalized spacial score (nSPS) is 20.0. The number of halogens is 1. The number of nitrogens with one attached hydrogen (secondary N) is 1. The van der Waals surface area contributed by atoms with Gasteiger partial charge in [0.05, 0.1) is 13.2 Å². The number of aliphatic imine (C=N–C) groups is 1. The number of morpholine rings is 1. The summed E-state index contributed by atoms with van der Waals surface area (Å²) in [6.07, 6.45) is 2.16. The molecule has 0 saturated carbocycles. The summed E-state index contributed by atoms with van der Waals surface area (Å²) in [5.41, 5.74) is 1.38. The first-order valence-electron chi connectivity index (χ1n) is 10.7. The summed E-state index contributed by atoms with van der Waals surface area (Å²) in [6.45, 7) is 7.72. The Morgan fingerprint density at radius 2 is 1.93 bits per heavy atom. The lowest BCUT2D eigenvalue weighted by atomic mass is 9.99. The van der Waals surface area contributed by atoms with Gasteiger partial charge in [0, 0.05) is 52.7 Å². The second kappa shape index (κ2) is 13.1. The van der Waals surface area contributed by atoms with Crippen LogP contribution in [0.1, 0.15) is 24.3 Å². The van der Waals surface area contributed by atoms with Gasteiger partial charge in [-0.05, 0) is 24.9 Å². The Labute approximate surface area is 197 Å². The van der Waals surface area contributed by atoms with E-state index in [1.54, 1.807) is 19.0 Å². The molecule has 2 aliphatic heterocycles. The fraction of sp³-hybridized carbons (Fsp3) is 0.636. The minimum absolute atomic E-state index is 0. The van der Waals surface area contributed by atoms with E-state index in [4.69, 9.17) is 4.74 Å². The van der Waals surface area contributed by atoms with Gasteiger partial charge in [-0.3, -0.25) is 9.69 Å². The molecule has 30 heavy (non-hydrogen) atoms. The molecular weight excluding hydrogens is 493 g/mol. The lowest BCUT2D eigenvalue weighted by molar-refractivity contribution is -0.127. The predicted octanol–water partition coefficient (Wildman–Crippen LogP) is 1.85. The van der Waals surface area contributed by atoms with E-state index >= 15 is 0 Å². The first-order chi connectivity index (χ1) is 14.1. The van der Waals surface area contributed by atoms with Gasteiger partial charge >= 0.3 is 0 Å². The van der Waals surface area contributed by atoms with E-state index < -0.39 is 0 Å². The van der Waals surface area contributed by atoms with Crippen LogP contribution in [0.2, 0.25) is 0 Å². The number of carbonyl (C=O) groups is 1. The van der Waals surface area contributed by atoms with Gasteiger partial charge in [0.1, 0.15) is 6.54 Å². The summed E-state index contributed by atoms with van der Waals surface area (Å²) in [5, 5.41) is 3.51. The van der Waals surface area contributed by atoms with E-state index in [1.165, 1.54) is 5.56 Å². The topological polar surface area (TPSA) is 60.4 Å². The number of ether oxygens (including phenoxy) is 1. The predicted molar refractivity (Wildman–Crippen MR) is 132 cm³/mol. The number of hydrogen-bond acceptors (Lipinski definition) is 4. The van der Waals surface area contributed by atoms with Crippen molar-refractivity contribution < 1.29 is 9.53 Å². The summed E-state index contributed by atoms with van der Waals surface area (Å²) in [5.74, 6) is 1.40. The zero-order valence-corrected chi connectivity index (χ0v) is 20.6. The van der Waals surface area contributed by atoms with Crippen LogP contribution < -0.4 is 5.32 Å². The van der Waals surface area contributed by atoms with Crippen LogP contribution in [-0.2, 0) is 9.53 Å². The Hall–Kier alpha value is -1.39. The van der Waals surface area contributed by atoms with Crippen molar-refractivity contribution in [2.24, 2.45) is 4.99 Å². The third-order valence-electron chi connectivity index (χ3n) is 5.66. The number of rotatable bonds is 7. The number of likely N-dealkylation sites (N-methyl/N-ethyl adjacent to an activating group) is 1. The molecule has 2 heterocycles. The second-order valence-corrected chi connectivity index (χ2v) is 8.00. The highest BCUT2D eigenvalue weighted by Crippen LogP contribution is 2.26. The molecule has 1 aromatic rings. The van der Waals surface area contributed by atoms with Crippen LogP contribution in [0.15, 0.2) is 35.3 Å². The summed E-state index contributed by atoms with van der Waals surface area (Å²) in [4.78, 5) is 23.0. The zero-order valence-electron chi connectivity index (χ0n) is 18.3. The van der Waals surface area contributed by atoms with E-state index in [1.807, 2.05) is 0 Å². The molecule has 1 aromatic carbocycles. The van der Waals surface area contributed by atoms with Crippen LogP contribution >= 0.6 is 24.0 Å². The second-order valence-electron chi connectivity index (χ2n) is 8.00. The van der Waals surface area contributed by atoms with E-state index in [2.05, 4.69) is 50.4 Å². The minimum Gasteiger partial charge on any atom is -0.379 e. The monoisotopic (exact) mass is 529 g/mol. The van der Waals surface area contributed by atoms with Gasteiger partial charge in [-0.1, -0.05) is 30.3 Å². The number of benzene rings is 1.